The molecule has 6 rings (SSSR count). The van der Waals surface area contributed by atoms with Crippen LogP contribution in [0, 0.1) is 5.92 Å². The first-order valence-corrected chi connectivity index (χ1v) is 14.0. The van der Waals surface area contributed by atoms with E-state index in [4.69, 9.17) is 9.72 Å². The molecule has 2 aromatic heterocycles. The fourth-order valence-electron chi connectivity index (χ4n) is 5.96. The Kier molecular flexibility index (Phi) is 6.60. The number of thiazole rings is 1. The van der Waals surface area contributed by atoms with E-state index < -0.39 is 0 Å². The second-order valence-corrected chi connectivity index (χ2v) is 11.6. The number of ether oxygens (including phenoxy) is 1. The molecular formula is C27H35N5O2S. The SMILES string of the molecule is Cn1cc2c(C(=O)N[C@H]3CC[C@H](CCN4CCc5sc(C6CCCO6)nc5C4)CC3)cccc2n1. The number of benzene rings is 1. The zero-order valence-corrected chi connectivity index (χ0v) is 21.4. The molecule has 1 atom stereocenters. The molecule has 1 aromatic carbocycles. The van der Waals surface area contributed by atoms with E-state index in [1.165, 1.54) is 34.8 Å². The molecule has 7 nitrogen and oxygen atoms in total. The molecule has 1 unspecified atom stereocenters. The quantitative estimate of drug-likeness (QED) is 0.543. The van der Waals surface area contributed by atoms with Gasteiger partial charge >= 0.3 is 0 Å². The lowest BCUT2D eigenvalue weighted by Gasteiger charge is -2.32. The number of nitrogens with zero attached hydrogens (tertiary/aromatic N) is 4. The van der Waals surface area contributed by atoms with E-state index in [9.17, 15) is 4.79 Å². The van der Waals surface area contributed by atoms with Gasteiger partial charge in [-0.05, 0) is 76.0 Å². The molecule has 8 heteroatoms. The number of nitrogens with one attached hydrogen (secondary N) is 1. The van der Waals surface area contributed by atoms with Crippen molar-refractivity contribution in [2.75, 3.05) is 19.7 Å². The lowest BCUT2D eigenvalue weighted by atomic mass is 9.84. The van der Waals surface area contributed by atoms with Crippen LogP contribution in [0.5, 0.6) is 0 Å². The zero-order valence-electron chi connectivity index (χ0n) is 20.5. The normalized spacial score (nSPS) is 25.1. The molecule has 3 aliphatic rings. The second-order valence-electron chi connectivity index (χ2n) is 10.5. The minimum Gasteiger partial charge on any atom is -0.371 e. The summed E-state index contributed by atoms with van der Waals surface area (Å²) in [5, 5.41) is 9.85. The van der Waals surface area contributed by atoms with E-state index in [1.54, 1.807) is 4.68 Å². The van der Waals surface area contributed by atoms with E-state index in [1.807, 2.05) is 42.8 Å². The molecule has 1 saturated carbocycles. The summed E-state index contributed by atoms with van der Waals surface area (Å²) in [4.78, 5) is 22.0. The summed E-state index contributed by atoms with van der Waals surface area (Å²) in [5.41, 5.74) is 2.89. The summed E-state index contributed by atoms with van der Waals surface area (Å²) in [5.74, 6) is 0.783. The van der Waals surface area contributed by atoms with Crippen molar-refractivity contribution in [3.63, 3.8) is 0 Å². The number of carbonyl (C=O) groups is 1. The first kappa shape index (κ1) is 23.1. The van der Waals surface area contributed by atoms with Gasteiger partial charge in [0.1, 0.15) is 11.1 Å². The summed E-state index contributed by atoms with van der Waals surface area (Å²) >= 11 is 1.88. The van der Waals surface area contributed by atoms with Gasteiger partial charge in [-0.25, -0.2) is 4.98 Å². The average Bonchev–Trinajstić information content (AvgIpc) is 3.61. The summed E-state index contributed by atoms with van der Waals surface area (Å²) in [6.45, 7) is 4.17. The Morgan fingerprint density at radius 1 is 1.23 bits per heavy atom. The summed E-state index contributed by atoms with van der Waals surface area (Å²) in [6, 6.07) is 6.05. The number of amides is 1. The van der Waals surface area contributed by atoms with Gasteiger partial charge in [-0.2, -0.15) is 5.10 Å². The minimum absolute atomic E-state index is 0.0295. The summed E-state index contributed by atoms with van der Waals surface area (Å²) < 4.78 is 7.62. The molecule has 0 bridgehead atoms. The Bertz CT molecular complexity index is 1190. The highest BCUT2D eigenvalue weighted by atomic mass is 32.1. The van der Waals surface area contributed by atoms with Gasteiger partial charge in [-0.15, -0.1) is 11.3 Å². The van der Waals surface area contributed by atoms with E-state index in [2.05, 4.69) is 15.3 Å². The molecule has 2 aliphatic heterocycles. The summed E-state index contributed by atoms with van der Waals surface area (Å²) in [7, 11) is 1.89. The Balaban J connectivity index is 0.967. The fraction of sp³-hybridized carbons (Fsp3) is 0.593. The van der Waals surface area contributed by atoms with E-state index in [0.29, 0.717) is 0 Å². The third-order valence-electron chi connectivity index (χ3n) is 7.97. The van der Waals surface area contributed by atoms with Crippen LogP contribution >= 0.6 is 11.3 Å². The first-order chi connectivity index (χ1) is 17.1. The van der Waals surface area contributed by atoms with Crippen molar-refractivity contribution in [3.8, 4) is 0 Å². The van der Waals surface area contributed by atoms with Crippen molar-refractivity contribution in [3.05, 3.63) is 45.5 Å². The molecule has 1 amide bonds. The maximum Gasteiger partial charge on any atom is 0.252 e. The van der Waals surface area contributed by atoms with Gasteiger partial charge < -0.3 is 10.1 Å². The van der Waals surface area contributed by atoms with Crippen LogP contribution in [0.1, 0.15) is 77.0 Å². The van der Waals surface area contributed by atoms with E-state index in [-0.39, 0.29) is 18.1 Å². The highest BCUT2D eigenvalue weighted by Gasteiger charge is 2.28. The molecule has 1 saturated heterocycles. The lowest BCUT2D eigenvalue weighted by Crippen LogP contribution is -2.38. The molecule has 35 heavy (non-hydrogen) atoms. The van der Waals surface area contributed by atoms with Crippen molar-refractivity contribution in [1.29, 1.82) is 0 Å². The van der Waals surface area contributed by atoms with Crippen LogP contribution in [-0.2, 0) is 24.8 Å². The topological polar surface area (TPSA) is 72.3 Å². The summed E-state index contributed by atoms with van der Waals surface area (Å²) in [6.07, 6.45) is 11.4. The highest BCUT2D eigenvalue weighted by Crippen LogP contribution is 2.35. The number of aromatic nitrogens is 3. The predicted molar refractivity (Wildman–Crippen MR) is 138 cm³/mol. The van der Waals surface area contributed by atoms with E-state index in [0.717, 1.165) is 80.7 Å². The largest absolute Gasteiger partial charge is 0.371 e. The maximum absolute atomic E-state index is 13.0. The highest BCUT2D eigenvalue weighted by molar-refractivity contribution is 7.11. The zero-order chi connectivity index (χ0) is 23.8. The number of rotatable bonds is 6. The van der Waals surface area contributed by atoms with Gasteiger partial charge in [0.15, 0.2) is 0 Å². The van der Waals surface area contributed by atoms with Gasteiger partial charge in [0.2, 0.25) is 0 Å². The van der Waals surface area contributed by atoms with Gasteiger partial charge in [0.05, 0.1) is 16.8 Å². The number of hydrogen-bond donors (Lipinski definition) is 1. The van der Waals surface area contributed by atoms with Crippen molar-refractivity contribution in [1.82, 2.24) is 25.0 Å². The van der Waals surface area contributed by atoms with Gasteiger partial charge in [0, 0.05) is 49.2 Å². The molecule has 186 valence electrons. The lowest BCUT2D eigenvalue weighted by molar-refractivity contribution is 0.0921. The molecule has 0 radical (unpaired) electrons. The monoisotopic (exact) mass is 493 g/mol. The van der Waals surface area contributed by atoms with Crippen LogP contribution in [0.3, 0.4) is 0 Å². The van der Waals surface area contributed by atoms with Crippen LogP contribution in [0.4, 0.5) is 0 Å². The standard InChI is InChI=1S/C27H35N5O2S/c1-31-16-21-20(4-2-5-22(21)30-31)26(33)28-19-9-7-18(8-10-19)11-13-32-14-12-25-23(17-32)29-27(35-25)24-6-3-15-34-24/h2,4-5,16,18-19,24H,3,6-15,17H2,1H3,(H,28,33)/t18-,19-,24?. The van der Waals surface area contributed by atoms with Crippen LogP contribution in [-0.4, -0.2) is 51.3 Å². The fourth-order valence-corrected chi connectivity index (χ4v) is 7.10. The van der Waals surface area contributed by atoms with Crippen LogP contribution < -0.4 is 5.32 Å². The average molecular weight is 494 g/mol. The number of fused-ring (bicyclic) bond motifs is 2. The Labute approximate surface area is 210 Å². The van der Waals surface area contributed by atoms with E-state index >= 15 is 0 Å². The maximum atomic E-state index is 13.0. The Morgan fingerprint density at radius 3 is 2.94 bits per heavy atom. The van der Waals surface area contributed by atoms with Crippen molar-refractivity contribution >= 4 is 28.1 Å². The van der Waals surface area contributed by atoms with Crippen LogP contribution in [0.25, 0.3) is 10.9 Å². The van der Waals surface area contributed by atoms with Crippen molar-refractivity contribution < 1.29 is 9.53 Å². The predicted octanol–water partition coefficient (Wildman–Crippen LogP) is 4.62. The number of aryl methyl sites for hydroxylation is 1. The third kappa shape index (κ3) is 5.01. The molecular weight excluding hydrogens is 458 g/mol. The second kappa shape index (κ2) is 9.99. The van der Waals surface area contributed by atoms with Gasteiger partial charge in [0.25, 0.3) is 5.91 Å². The third-order valence-corrected chi connectivity index (χ3v) is 9.22. The van der Waals surface area contributed by atoms with Crippen molar-refractivity contribution in [2.45, 2.75) is 70.1 Å². The molecule has 1 aliphatic carbocycles. The Hall–Kier alpha value is -2.29. The minimum atomic E-state index is 0.0295. The van der Waals surface area contributed by atoms with Crippen LogP contribution in [0.2, 0.25) is 0 Å². The molecule has 3 aromatic rings. The molecule has 0 spiro atoms. The van der Waals surface area contributed by atoms with Crippen molar-refractivity contribution in [2.24, 2.45) is 13.0 Å². The number of carbonyl (C=O) groups excluding carboxylic acids is 1. The van der Waals surface area contributed by atoms with Gasteiger partial charge in [-0.1, -0.05) is 6.07 Å². The van der Waals surface area contributed by atoms with Crippen LogP contribution in [0.15, 0.2) is 24.4 Å². The Morgan fingerprint density at radius 2 is 2.11 bits per heavy atom. The molecule has 1 N–H and O–H groups in total. The molecule has 2 fully saturated rings. The van der Waals surface area contributed by atoms with Gasteiger partial charge in [-0.3, -0.25) is 14.4 Å². The first-order valence-electron chi connectivity index (χ1n) is 13.2. The molecule has 4 heterocycles. The smallest absolute Gasteiger partial charge is 0.252 e. The number of hydrogen-bond acceptors (Lipinski definition) is 6.